The van der Waals surface area contributed by atoms with Gasteiger partial charge in [0, 0.05) is 25.2 Å². The number of amides is 1. The summed E-state index contributed by atoms with van der Waals surface area (Å²) in [7, 11) is 0. The van der Waals surface area contributed by atoms with Crippen molar-refractivity contribution in [2.24, 2.45) is 5.10 Å². The lowest BCUT2D eigenvalue weighted by atomic mass is 10.00. The Balaban J connectivity index is 1.57. The average molecular weight is 365 g/mol. The topological polar surface area (TPSA) is 53.9 Å². The Morgan fingerprint density at radius 1 is 1.07 bits per heavy atom. The zero-order valence-corrected chi connectivity index (χ0v) is 16.3. The van der Waals surface area contributed by atoms with Gasteiger partial charge in [-0.3, -0.25) is 9.69 Å². The van der Waals surface area contributed by atoms with Crippen molar-refractivity contribution in [3.05, 3.63) is 69.8 Å². The molecule has 0 saturated carbocycles. The highest BCUT2D eigenvalue weighted by atomic mass is 16.5. The lowest BCUT2D eigenvalue weighted by Crippen LogP contribution is -2.35. The number of nitrogens with one attached hydrogen (secondary N) is 1. The van der Waals surface area contributed by atoms with Gasteiger partial charge in [0.2, 0.25) is 0 Å². The van der Waals surface area contributed by atoms with Crippen LogP contribution in [0.1, 0.15) is 38.2 Å². The summed E-state index contributed by atoms with van der Waals surface area (Å²) in [5.74, 6) is -0.203. The molecule has 0 unspecified atom stereocenters. The van der Waals surface area contributed by atoms with E-state index in [1.165, 1.54) is 22.3 Å². The molecular formula is C22H27N3O2. The van der Waals surface area contributed by atoms with Crippen LogP contribution in [0.4, 0.5) is 0 Å². The van der Waals surface area contributed by atoms with Crippen molar-refractivity contribution in [3.8, 4) is 0 Å². The van der Waals surface area contributed by atoms with E-state index in [1.54, 1.807) is 6.21 Å². The zero-order valence-electron chi connectivity index (χ0n) is 16.3. The van der Waals surface area contributed by atoms with Crippen LogP contribution in [-0.4, -0.2) is 43.3 Å². The molecule has 1 heterocycles. The van der Waals surface area contributed by atoms with Gasteiger partial charge < -0.3 is 4.74 Å². The molecule has 2 aromatic rings. The maximum Gasteiger partial charge on any atom is 0.271 e. The molecule has 1 aliphatic rings. The number of rotatable bonds is 5. The largest absolute Gasteiger partial charge is 0.379 e. The first-order valence-electron chi connectivity index (χ1n) is 9.34. The van der Waals surface area contributed by atoms with E-state index >= 15 is 0 Å². The highest BCUT2D eigenvalue weighted by Gasteiger charge is 2.11. The molecule has 1 fully saturated rings. The van der Waals surface area contributed by atoms with Crippen LogP contribution in [0, 0.1) is 20.8 Å². The van der Waals surface area contributed by atoms with Crippen LogP contribution >= 0.6 is 0 Å². The second-order valence-electron chi connectivity index (χ2n) is 7.01. The molecule has 0 spiro atoms. The Kier molecular flexibility index (Phi) is 6.37. The standard InChI is InChI=1S/C22H27N3O2/c1-16-4-7-21(18(3)17(16)2)14-23-24-22(26)20-8-5-19(6-9-20)15-25-10-12-27-13-11-25/h4-9,14H,10-13,15H2,1-3H3,(H,24,26)/b23-14-. The van der Waals surface area contributed by atoms with E-state index in [-0.39, 0.29) is 5.91 Å². The number of hydrogen-bond donors (Lipinski definition) is 1. The van der Waals surface area contributed by atoms with Crippen molar-refractivity contribution >= 4 is 12.1 Å². The number of hydrazone groups is 1. The molecule has 1 N–H and O–H groups in total. The van der Waals surface area contributed by atoms with Gasteiger partial charge in [0.15, 0.2) is 0 Å². The molecule has 1 aliphatic heterocycles. The molecule has 0 aromatic heterocycles. The van der Waals surface area contributed by atoms with Crippen molar-refractivity contribution in [1.82, 2.24) is 10.3 Å². The number of nitrogens with zero attached hydrogens (tertiary/aromatic N) is 2. The Morgan fingerprint density at radius 3 is 2.48 bits per heavy atom. The van der Waals surface area contributed by atoms with E-state index in [0.717, 1.165) is 38.4 Å². The highest BCUT2D eigenvalue weighted by Crippen LogP contribution is 2.15. The fraction of sp³-hybridized carbons (Fsp3) is 0.364. The predicted octanol–water partition coefficient (Wildman–Crippen LogP) is 3.21. The lowest BCUT2D eigenvalue weighted by Gasteiger charge is -2.26. The first-order valence-corrected chi connectivity index (χ1v) is 9.34. The van der Waals surface area contributed by atoms with Gasteiger partial charge >= 0.3 is 0 Å². The zero-order chi connectivity index (χ0) is 19.2. The average Bonchev–Trinajstić information content (AvgIpc) is 2.69. The lowest BCUT2D eigenvalue weighted by molar-refractivity contribution is 0.0342. The van der Waals surface area contributed by atoms with Crippen molar-refractivity contribution in [3.63, 3.8) is 0 Å². The number of carbonyl (C=O) groups excluding carboxylic acids is 1. The number of aryl methyl sites for hydroxylation is 1. The van der Waals surface area contributed by atoms with Crippen molar-refractivity contribution < 1.29 is 9.53 Å². The van der Waals surface area contributed by atoms with Gasteiger partial charge in [-0.05, 0) is 60.7 Å². The summed E-state index contributed by atoms with van der Waals surface area (Å²) in [5, 5.41) is 4.12. The Morgan fingerprint density at radius 2 is 1.78 bits per heavy atom. The maximum absolute atomic E-state index is 12.3. The molecule has 27 heavy (non-hydrogen) atoms. The third kappa shape index (κ3) is 5.02. The third-order valence-electron chi connectivity index (χ3n) is 5.20. The van der Waals surface area contributed by atoms with E-state index in [2.05, 4.69) is 42.3 Å². The van der Waals surface area contributed by atoms with Crippen LogP contribution in [0.5, 0.6) is 0 Å². The molecule has 5 heteroatoms. The Labute approximate surface area is 161 Å². The summed E-state index contributed by atoms with van der Waals surface area (Å²) in [4.78, 5) is 14.6. The van der Waals surface area contributed by atoms with Gasteiger partial charge in [-0.25, -0.2) is 5.43 Å². The normalized spacial score (nSPS) is 15.2. The summed E-state index contributed by atoms with van der Waals surface area (Å²) in [6, 6.07) is 11.8. The molecule has 0 radical (unpaired) electrons. The van der Waals surface area contributed by atoms with Gasteiger partial charge in [-0.15, -0.1) is 0 Å². The minimum Gasteiger partial charge on any atom is -0.379 e. The van der Waals surface area contributed by atoms with Gasteiger partial charge in [0.1, 0.15) is 0 Å². The van der Waals surface area contributed by atoms with Crippen LogP contribution in [0.3, 0.4) is 0 Å². The predicted molar refractivity (Wildman–Crippen MR) is 108 cm³/mol. The third-order valence-corrected chi connectivity index (χ3v) is 5.20. The van der Waals surface area contributed by atoms with E-state index < -0.39 is 0 Å². The number of morpholine rings is 1. The smallest absolute Gasteiger partial charge is 0.271 e. The molecule has 0 aliphatic carbocycles. The first-order chi connectivity index (χ1) is 13.0. The molecule has 1 saturated heterocycles. The molecule has 142 valence electrons. The van der Waals surface area contributed by atoms with Crippen LogP contribution in [-0.2, 0) is 11.3 Å². The van der Waals surface area contributed by atoms with E-state index in [9.17, 15) is 4.79 Å². The number of benzene rings is 2. The molecule has 2 aromatic carbocycles. The maximum atomic E-state index is 12.3. The molecular weight excluding hydrogens is 338 g/mol. The second kappa shape index (κ2) is 8.93. The van der Waals surface area contributed by atoms with Crippen LogP contribution in [0.2, 0.25) is 0 Å². The molecule has 1 amide bonds. The highest BCUT2D eigenvalue weighted by molar-refractivity contribution is 5.95. The Bertz CT molecular complexity index is 822. The molecule has 0 atom stereocenters. The monoisotopic (exact) mass is 365 g/mol. The SMILES string of the molecule is Cc1ccc(/C=N\NC(=O)c2ccc(CN3CCOCC3)cc2)c(C)c1C. The van der Waals surface area contributed by atoms with Crippen molar-refractivity contribution in [2.45, 2.75) is 27.3 Å². The molecule has 0 bridgehead atoms. The molecule has 5 nitrogen and oxygen atoms in total. The summed E-state index contributed by atoms with van der Waals surface area (Å²) >= 11 is 0. The van der Waals surface area contributed by atoms with E-state index in [4.69, 9.17) is 4.74 Å². The van der Waals surface area contributed by atoms with Gasteiger partial charge in [-0.1, -0.05) is 24.3 Å². The van der Waals surface area contributed by atoms with Crippen LogP contribution < -0.4 is 5.43 Å². The minimum atomic E-state index is -0.203. The van der Waals surface area contributed by atoms with Crippen LogP contribution in [0.15, 0.2) is 41.5 Å². The van der Waals surface area contributed by atoms with Gasteiger partial charge in [0.05, 0.1) is 19.4 Å². The van der Waals surface area contributed by atoms with E-state index in [0.29, 0.717) is 5.56 Å². The first kappa shape index (κ1) is 19.3. The number of hydrogen-bond acceptors (Lipinski definition) is 4. The van der Waals surface area contributed by atoms with Gasteiger partial charge in [0.25, 0.3) is 5.91 Å². The minimum absolute atomic E-state index is 0.203. The number of carbonyl (C=O) groups is 1. The summed E-state index contributed by atoms with van der Waals surface area (Å²) < 4.78 is 5.37. The van der Waals surface area contributed by atoms with Crippen LogP contribution in [0.25, 0.3) is 0 Å². The summed E-state index contributed by atoms with van der Waals surface area (Å²) in [6.07, 6.45) is 1.70. The fourth-order valence-corrected chi connectivity index (χ4v) is 3.12. The van der Waals surface area contributed by atoms with Crippen molar-refractivity contribution in [2.75, 3.05) is 26.3 Å². The summed E-state index contributed by atoms with van der Waals surface area (Å²) in [5.41, 5.74) is 9.12. The quantitative estimate of drug-likeness (QED) is 0.654. The van der Waals surface area contributed by atoms with Gasteiger partial charge in [-0.2, -0.15) is 5.10 Å². The second-order valence-corrected chi connectivity index (χ2v) is 7.01. The summed E-state index contributed by atoms with van der Waals surface area (Å²) in [6.45, 7) is 10.6. The molecule has 3 rings (SSSR count). The number of ether oxygens (including phenoxy) is 1. The van der Waals surface area contributed by atoms with E-state index in [1.807, 2.05) is 30.3 Å². The Hall–Kier alpha value is -2.50. The van der Waals surface area contributed by atoms with Crippen molar-refractivity contribution in [1.29, 1.82) is 0 Å². The fourth-order valence-electron chi connectivity index (χ4n) is 3.12.